The molecule has 1 nitrogen and oxygen atoms in total. The predicted octanol–water partition coefficient (Wildman–Crippen LogP) is 4.54. The van der Waals surface area contributed by atoms with E-state index >= 15 is 0 Å². The van der Waals surface area contributed by atoms with Gasteiger partial charge in [-0.3, -0.25) is 4.79 Å². The molecule has 0 saturated carbocycles. The first-order chi connectivity index (χ1) is 7.99. The van der Waals surface area contributed by atoms with Crippen molar-refractivity contribution in [3.05, 3.63) is 46.0 Å². The van der Waals surface area contributed by atoms with Gasteiger partial charge >= 0.3 is 0 Å². The van der Waals surface area contributed by atoms with Crippen LogP contribution in [0, 0.1) is 20.8 Å². The molecule has 92 valence electrons. The van der Waals surface area contributed by atoms with Crippen molar-refractivity contribution >= 4 is 5.78 Å². The fraction of sp³-hybridized carbons (Fsp3) is 0.438. The normalized spacial score (nSPS) is 10.2. The van der Waals surface area contributed by atoms with E-state index in [4.69, 9.17) is 0 Å². The van der Waals surface area contributed by atoms with Gasteiger partial charge in [0.15, 0.2) is 5.78 Å². The highest BCUT2D eigenvalue weighted by atomic mass is 16.1. The average molecular weight is 230 g/mol. The zero-order chi connectivity index (χ0) is 13.0. The number of rotatable bonds is 4. The summed E-state index contributed by atoms with van der Waals surface area (Å²) in [6, 6.07) is 4.10. The monoisotopic (exact) mass is 230 g/mol. The Morgan fingerprint density at radius 2 is 1.53 bits per heavy atom. The van der Waals surface area contributed by atoms with Gasteiger partial charge in [0.1, 0.15) is 0 Å². The fourth-order valence-corrected chi connectivity index (χ4v) is 1.94. The molecule has 1 aromatic carbocycles. The van der Waals surface area contributed by atoms with E-state index in [0.717, 1.165) is 24.0 Å². The number of hydrogen-bond donors (Lipinski definition) is 0. The highest BCUT2D eigenvalue weighted by Crippen LogP contribution is 2.17. The van der Waals surface area contributed by atoms with Crippen molar-refractivity contribution in [2.45, 2.75) is 47.5 Å². The Morgan fingerprint density at radius 3 is 2.06 bits per heavy atom. The highest BCUT2D eigenvalue weighted by molar-refractivity contribution is 6.06. The van der Waals surface area contributed by atoms with E-state index in [0.29, 0.717) is 0 Å². The maximum Gasteiger partial charge on any atom is 0.186 e. The zero-order valence-corrected chi connectivity index (χ0v) is 11.6. The second-order valence-corrected chi connectivity index (χ2v) is 4.63. The van der Waals surface area contributed by atoms with Gasteiger partial charge in [-0.2, -0.15) is 0 Å². The lowest BCUT2D eigenvalue weighted by Gasteiger charge is -2.08. The predicted molar refractivity (Wildman–Crippen MR) is 73.6 cm³/mol. The van der Waals surface area contributed by atoms with Crippen LogP contribution in [0.2, 0.25) is 0 Å². The molecule has 0 amide bonds. The molecule has 0 aliphatic heterocycles. The maximum absolute atomic E-state index is 12.2. The van der Waals surface area contributed by atoms with Crippen LogP contribution in [0.4, 0.5) is 0 Å². The summed E-state index contributed by atoms with van der Waals surface area (Å²) in [7, 11) is 0. The van der Waals surface area contributed by atoms with Crippen LogP contribution < -0.4 is 0 Å². The molecular weight excluding hydrogens is 208 g/mol. The van der Waals surface area contributed by atoms with Crippen LogP contribution in [0.3, 0.4) is 0 Å². The fourth-order valence-electron chi connectivity index (χ4n) is 1.94. The van der Waals surface area contributed by atoms with E-state index in [9.17, 15) is 4.79 Å². The smallest absolute Gasteiger partial charge is 0.186 e. The number of hydrogen-bond acceptors (Lipinski definition) is 1. The lowest BCUT2D eigenvalue weighted by molar-refractivity contribution is 0.104. The van der Waals surface area contributed by atoms with E-state index in [2.05, 4.69) is 33.8 Å². The third kappa shape index (κ3) is 3.29. The van der Waals surface area contributed by atoms with Crippen LogP contribution in [-0.4, -0.2) is 5.78 Å². The summed E-state index contributed by atoms with van der Waals surface area (Å²) in [6.45, 7) is 10.3. The van der Waals surface area contributed by atoms with Gasteiger partial charge in [-0.1, -0.05) is 25.5 Å². The van der Waals surface area contributed by atoms with Crippen LogP contribution in [0.1, 0.15) is 53.7 Å². The molecule has 1 heteroatoms. The first-order valence-electron chi connectivity index (χ1n) is 6.31. The zero-order valence-electron chi connectivity index (χ0n) is 11.6. The highest BCUT2D eigenvalue weighted by Gasteiger charge is 2.09. The van der Waals surface area contributed by atoms with Gasteiger partial charge in [-0.05, 0) is 62.4 Å². The molecule has 0 saturated heterocycles. The quantitative estimate of drug-likeness (QED) is 0.548. The van der Waals surface area contributed by atoms with Crippen molar-refractivity contribution in [3.8, 4) is 0 Å². The molecule has 0 aliphatic carbocycles. The number of carbonyl (C=O) groups excluding carboxylic acids is 1. The standard InChI is InChI=1S/C16H22O/c1-6-14(7-2)10-16(17)15-9-12(4)11(3)8-13(15)5/h8-10H,6-7H2,1-5H3. The third-order valence-corrected chi connectivity index (χ3v) is 3.35. The van der Waals surface area contributed by atoms with Crippen molar-refractivity contribution in [2.24, 2.45) is 0 Å². The molecule has 0 aliphatic rings. The van der Waals surface area contributed by atoms with Crippen LogP contribution >= 0.6 is 0 Å². The minimum Gasteiger partial charge on any atom is -0.289 e. The van der Waals surface area contributed by atoms with E-state index in [1.54, 1.807) is 6.08 Å². The maximum atomic E-state index is 12.2. The molecule has 0 unspecified atom stereocenters. The molecule has 0 atom stereocenters. The first kappa shape index (κ1) is 13.7. The largest absolute Gasteiger partial charge is 0.289 e. The number of benzene rings is 1. The summed E-state index contributed by atoms with van der Waals surface area (Å²) in [4.78, 5) is 12.2. The summed E-state index contributed by atoms with van der Waals surface area (Å²) >= 11 is 0. The SMILES string of the molecule is CCC(=CC(=O)c1cc(C)c(C)cc1C)CC. The summed E-state index contributed by atoms with van der Waals surface area (Å²) in [6.07, 6.45) is 3.70. The van der Waals surface area contributed by atoms with E-state index in [1.165, 1.54) is 16.7 Å². The van der Waals surface area contributed by atoms with Gasteiger partial charge in [0.05, 0.1) is 0 Å². The van der Waals surface area contributed by atoms with Crippen LogP contribution in [0.5, 0.6) is 0 Å². The lowest BCUT2D eigenvalue weighted by atomic mass is 9.96. The van der Waals surface area contributed by atoms with E-state index in [-0.39, 0.29) is 5.78 Å². The Balaban J connectivity index is 3.13. The molecule has 0 radical (unpaired) electrons. The Labute approximate surface area is 105 Å². The molecular formula is C16H22O. The molecule has 0 heterocycles. The Kier molecular flexibility index (Phi) is 4.68. The van der Waals surface area contributed by atoms with Crippen molar-refractivity contribution in [3.63, 3.8) is 0 Å². The molecule has 0 aromatic heterocycles. The molecule has 1 aromatic rings. The first-order valence-corrected chi connectivity index (χ1v) is 6.31. The van der Waals surface area contributed by atoms with Crippen LogP contribution in [0.25, 0.3) is 0 Å². The lowest BCUT2D eigenvalue weighted by Crippen LogP contribution is -2.01. The van der Waals surface area contributed by atoms with Crippen molar-refractivity contribution in [1.29, 1.82) is 0 Å². The second-order valence-electron chi connectivity index (χ2n) is 4.63. The summed E-state index contributed by atoms with van der Waals surface area (Å²) in [5.41, 5.74) is 5.55. The molecule has 0 fully saturated rings. The average Bonchev–Trinajstić information content (AvgIpc) is 2.30. The van der Waals surface area contributed by atoms with E-state index < -0.39 is 0 Å². The Morgan fingerprint density at radius 1 is 1.00 bits per heavy atom. The molecule has 17 heavy (non-hydrogen) atoms. The number of aryl methyl sites for hydroxylation is 3. The topological polar surface area (TPSA) is 17.1 Å². The van der Waals surface area contributed by atoms with E-state index in [1.807, 2.05) is 13.0 Å². The van der Waals surface area contributed by atoms with Crippen LogP contribution in [0.15, 0.2) is 23.8 Å². The minimum atomic E-state index is 0.143. The third-order valence-electron chi connectivity index (χ3n) is 3.35. The Bertz CT molecular complexity index is 447. The summed E-state index contributed by atoms with van der Waals surface area (Å²) in [5.74, 6) is 0.143. The number of carbonyl (C=O) groups is 1. The minimum absolute atomic E-state index is 0.143. The van der Waals surface area contributed by atoms with Gasteiger partial charge < -0.3 is 0 Å². The van der Waals surface area contributed by atoms with Gasteiger partial charge in [-0.15, -0.1) is 0 Å². The van der Waals surface area contributed by atoms with Crippen LogP contribution in [-0.2, 0) is 0 Å². The van der Waals surface area contributed by atoms with Gasteiger partial charge in [0.2, 0.25) is 0 Å². The number of ketones is 1. The molecule has 0 bridgehead atoms. The van der Waals surface area contributed by atoms with Crippen molar-refractivity contribution in [1.82, 2.24) is 0 Å². The summed E-state index contributed by atoms with van der Waals surface area (Å²) in [5, 5.41) is 0. The van der Waals surface area contributed by atoms with Crippen molar-refractivity contribution in [2.75, 3.05) is 0 Å². The van der Waals surface area contributed by atoms with Crippen molar-refractivity contribution < 1.29 is 4.79 Å². The second kappa shape index (κ2) is 5.81. The molecule has 0 spiro atoms. The molecule has 0 N–H and O–H groups in total. The van der Waals surface area contributed by atoms with Gasteiger partial charge in [-0.25, -0.2) is 0 Å². The van der Waals surface area contributed by atoms with Gasteiger partial charge in [0, 0.05) is 5.56 Å². The van der Waals surface area contributed by atoms with Gasteiger partial charge in [0.25, 0.3) is 0 Å². The molecule has 1 rings (SSSR count). The Hall–Kier alpha value is -1.37. The summed E-state index contributed by atoms with van der Waals surface area (Å²) < 4.78 is 0. The number of allylic oxidation sites excluding steroid dienone is 2.